The number of carbonyl (C=O) groups excluding carboxylic acids is 2. The molecular formula is C22H21ClN2O5S. The van der Waals surface area contributed by atoms with Crippen molar-refractivity contribution in [3.05, 3.63) is 74.9 Å². The number of ether oxygens (including phenoxy) is 1. The fourth-order valence-corrected chi connectivity index (χ4v) is 5.14. The zero-order valence-electron chi connectivity index (χ0n) is 17.7. The number of esters is 1. The van der Waals surface area contributed by atoms with Gasteiger partial charge in [0.25, 0.3) is 0 Å². The number of aryl methyl sites for hydroxylation is 3. The lowest BCUT2D eigenvalue weighted by Crippen LogP contribution is -2.15. The standard InChI is InChI=1S/C22H21ClN2O5S/c1-12-11-16(18(23)13(2)20(12)31(5,28)29)19(26)17-14(3)24-25(4)21(17)30-22(27)15-9-7-6-8-10-15/h6-11H,1-5H3. The summed E-state index contributed by atoms with van der Waals surface area (Å²) in [5.74, 6) is -1.17. The molecule has 0 aliphatic carbocycles. The van der Waals surface area contributed by atoms with Crippen LogP contribution >= 0.6 is 11.6 Å². The normalized spacial score (nSPS) is 11.4. The molecule has 2 aromatic carbocycles. The second kappa shape index (κ2) is 8.28. The Hall–Kier alpha value is -2.97. The molecule has 0 atom stereocenters. The van der Waals surface area contributed by atoms with Crippen LogP contribution in [0.15, 0.2) is 41.3 Å². The van der Waals surface area contributed by atoms with Crippen molar-refractivity contribution in [3.63, 3.8) is 0 Å². The quantitative estimate of drug-likeness (QED) is 0.424. The Morgan fingerprint density at radius 1 is 1.10 bits per heavy atom. The van der Waals surface area contributed by atoms with E-state index in [1.54, 1.807) is 58.2 Å². The number of rotatable bonds is 5. The molecule has 0 amide bonds. The van der Waals surface area contributed by atoms with Crippen molar-refractivity contribution in [3.8, 4) is 5.88 Å². The molecule has 0 saturated heterocycles. The van der Waals surface area contributed by atoms with Crippen molar-refractivity contribution in [2.45, 2.75) is 25.7 Å². The second-order valence-corrected chi connectivity index (χ2v) is 9.59. The summed E-state index contributed by atoms with van der Waals surface area (Å²) in [6.45, 7) is 4.77. The first-order valence-corrected chi connectivity index (χ1v) is 11.6. The number of hydrogen-bond donors (Lipinski definition) is 0. The smallest absolute Gasteiger partial charge is 0.344 e. The lowest BCUT2D eigenvalue weighted by Gasteiger charge is -2.14. The molecule has 0 aliphatic rings. The molecule has 0 unspecified atom stereocenters. The number of aromatic nitrogens is 2. The molecule has 0 aliphatic heterocycles. The van der Waals surface area contributed by atoms with E-state index in [4.69, 9.17) is 16.3 Å². The van der Waals surface area contributed by atoms with E-state index in [9.17, 15) is 18.0 Å². The molecule has 1 aromatic heterocycles. The number of ketones is 1. The van der Waals surface area contributed by atoms with Crippen LogP contribution in [0.3, 0.4) is 0 Å². The van der Waals surface area contributed by atoms with Crippen molar-refractivity contribution in [2.24, 2.45) is 7.05 Å². The van der Waals surface area contributed by atoms with E-state index >= 15 is 0 Å². The fourth-order valence-electron chi connectivity index (χ4n) is 3.55. The molecule has 0 bridgehead atoms. The molecule has 31 heavy (non-hydrogen) atoms. The Morgan fingerprint density at radius 3 is 2.29 bits per heavy atom. The zero-order chi connectivity index (χ0) is 23.1. The van der Waals surface area contributed by atoms with E-state index in [1.807, 2.05) is 0 Å². The van der Waals surface area contributed by atoms with Gasteiger partial charge in [-0.3, -0.25) is 4.79 Å². The van der Waals surface area contributed by atoms with E-state index in [0.29, 0.717) is 16.8 Å². The molecular weight excluding hydrogens is 440 g/mol. The largest absolute Gasteiger partial charge is 0.403 e. The minimum atomic E-state index is -3.53. The summed E-state index contributed by atoms with van der Waals surface area (Å²) in [6.07, 6.45) is 1.09. The molecule has 162 valence electrons. The Balaban J connectivity index is 2.11. The van der Waals surface area contributed by atoms with Gasteiger partial charge in [-0.05, 0) is 50.1 Å². The summed E-state index contributed by atoms with van der Waals surface area (Å²) < 4.78 is 31.1. The lowest BCUT2D eigenvalue weighted by molar-refractivity contribution is 0.0718. The minimum absolute atomic E-state index is 0.0186. The SMILES string of the molecule is Cc1cc(C(=O)c2c(C)nn(C)c2OC(=O)c2ccccc2)c(Cl)c(C)c1S(C)(=O)=O. The van der Waals surface area contributed by atoms with E-state index in [2.05, 4.69) is 5.10 Å². The summed E-state index contributed by atoms with van der Waals surface area (Å²) in [5, 5.41) is 4.24. The first-order valence-electron chi connectivity index (χ1n) is 9.28. The Morgan fingerprint density at radius 2 is 1.71 bits per heavy atom. The van der Waals surface area contributed by atoms with E-state index in [1.165, 1.54) is 10.7 Å². The fraction of sp³-hybridized carbons (Fsp3) is 0.227. The van der Waals surface area contributed by atoms with Gasteiger partial charge in [-0.2, -0.15) is 5.10 Å². The predicted octanol–water partition coefficient (Wildman–Crippen LogP) is 3.85. The number of sulfone groups is 1. The summed E-state index contributed by atoms with van der Waals surface area (Å²) >= 11 is 6.41. The van der Waals surface area contributed by atoms with Gasteiger partial charge in [-0.25, -0.2) is 17.9 Å². The van der Waals surface area contributed by atoms with Crippen LogP contribution in [-0.4, -0.2) is 36.2 Å². The topological polar surface area (TPSA) is 95.3 Å². The number of benzene rings is 2. The van der Waals surface area contributed by atoms with Crippen molar-refractivity contribution in [1.82, 2.24) is 9.78 Å². The molecule has 3 rings (SSSR count). The van der Waals surface area contributed by atoms with Crippen molar-refractivity contribution in [2.75, 3.05) is 6.26 Å². The van der Waals surface area contributed by atoms with Crippen LogP contribution in [-0.2, 0) is 16.9 Å². The lowest BCUT2D eigenvalue weighted by atomic mass is 9.99. The van der Waals surface area contributed by atoms with Crippen LogP contribution in [0.4, 0.5) is 0 Å². The van der Waals surface area contributed by atoms with Crippen molar-refractivity contribution >= 4 is 33.2 Å². The summed E-state index contributed by atoms with van der Waals surface area (Å²) in [4.78, 5) is 26.1. The molecule has 0 saturated carbocycles. The third kappa shape index (κ3) is 4.26. The Kier molecular flexibility index (Phi) is 6.07. The Labute approximate surface area is 185 Å². The second-order valence-electron chi connectivity index (χ2n) is 7.26. The van der Waals surface area contributed by atoms with Crippen LogP contribution in [0.25, 0.3) is 0 Å². The summed E-state index contributed by atoms with van der Waals surface area (Å²) in [5.41, 5.74) is 1.55. The molecule has 0 spiro atoms. The average molecular weight is 461 g/mol. The van der Waals surface area contributed by atoms with Crippen LogP contribution in [0.1, 0.15) is 43.1 Å². The van der Waals surface area contributed by atoms with Crippen LogP contribution in [0.5, 0.6) is 5.88 Å². The highest BCUT2D eigenvalue weighted by Crippen LogP contribution is 2.34. The first kappa shape index (κ1) is 22.7. The van der Waals surface area contributed by atoms with Crippen LogP contribution < -0.4 is 4.74 Å². The van der Waals surface area contributed by atoms with E-state index in [-0.39, 0.29) is 32.5 Å². The molecule has 0 N–H and O–H groups in total. The molecule has 9 heteroatoms. The molecule has 3 aromatic rings. The van der Waals surface area contributed by atoms with Gasteiger partial charge in [0.1, 0.15) is 5.56 Å². The predicted molar refractivity (Wildman–Crippen MR) is 117 cm³/mol. The van der Waals surface area contributed by atoms with Crippen LogP contribution in [0, 0.1) is 20.8 Å². The number of halogens is 1. The average Bonchev–Trinajstić information content (AvgIpc) is 2.96. The highest BCUT2D eigenvalue weighted by molar-refractivity contribution is 7.90. The van der Waals surface area contributed by atoms with Gasteiger partial charge >= 0.3 is 5.97 Å². The first-order chi connectivity index (χ1) is 14.4. The highest BCUT2D eigenvalue weighted by Gasteiger charge is 2.29. The maximum absolute atomic E-state index is 13.4. The van der Waals surface area contributed by atoms with E-state index in [0.717, 1.165) is 6.26 Å². The van der Waals surface area contributed by atoms with Crippen molar-refractivity contribution < 1.29 is 22.7 Å². The zero-order valence-corrected chi connectivity index (χ0v) is 19.3. The molecule has 0 radical (unpaired) electrons. The molecule has 1 heterocycles. The summed E-state index contributed by atoms with van der Waals surface area (Å²) in [6, 6.07) is 9.80. The van der Waals surface area contributed by atoms with Gasteiger partial charge in [0.2, 0.25) is 11.7 Å². The number of carbonyl (C=O) groups is 2. The third-order valence-electron chi connectivity index (χ3n) is 4.84. The number of hydrogen-bond acceptors (Lipinski definition) is 6. The van der Waals surface area contributed by atoms with Crippen LogP contribution in [0.2, 0.25) is 5.02 Å². The maximum Gasteiger partial charge on any atom is 0.344 e. The summed E-state index contributed by atoms with van der Waals surface area (Å²) in [7, 11) is -1.98. The van der Waals surface area contributed by atoms with Crippen molar-refractivity contribution in [1.29, 1.82) is 0 Å². The van der Waals surface area contributed by atoms with Gasteiger partial charge in [-0.15, -0.1) is 0 Å². The van der Waals surface area contributed by atoms with Gasteiger partial charge in [0, 0.05) is 18.9 Å². The molecule has 7 nitrogen and oxygen atoms in total. The van der Waals surface area contributed by atoms with Gasteiger partial charge < -0.3 is 4.74 Å². The number of nitrogens with zero attached hydrogens (tertiary/aromatic N) is 2. The highest BCUT2D eigenvalue weighted by atomic mass is 35.5. The van der Waals surface area contributed by atoms with Gasteiger partial charge in [0.15, 0.2) is 9.84 Å². The molecule has 0 fully saturated rings. The van der Waals surface area contributed by atoms with E-state index < -0.39 is 21.6 Å². The third-order valence-corrected chi connectivity index (χ3v) is 6.69. The maximum atomic E-state index is 13.4. The van der Waals surface area contributed by atoms with Gasteiger partial charge in [0.05, 0.1) is 21.2 Å². The Bertz CT molecular complexity index is 1310. The monoisotopic (exact) mass is 460 g/mol. The van der Waals surface area contributed by atoms with Gasteiger partial charge in [-0.1, -0.05) is 29.8 Å². The minimum Gasteiger partial charge on any atom is -0.403 e.